The summed E-state index contributed by atoms with van der Waals surface area (Å²) < 4.78 is 8.99. The molecular formula is C26H33N3O3. The maximum absolute atomic E-state index is 12.1. The number of ether oxygens (including phenoxy) is 1. The van der Waals surface area contributed by atoms with Gasteiger partial charge in [-0.2, -0.15) is 0 Å². The number of hydrogen-bond donors (Lipinski definition) is 2. The van der Waals surface area contributed by atoms with E-state index in [4.69, 9.17) is 4.74 Å². The Morgan fingerprint density at radius 1 is 1.06 bits per heavy atom. The second-order valence-electron chi connectivity index (χ2n) is 8.65. The standard InChI is InChI=1S/C26H33N3O3/c1-28-23-13-10-21(16-24(23)29(2)26(28)31)25(30)18-32-22-11-8-20(9-12-22)17-27-15-14-19-6-4-3-5-7-19/h6,8-13,16,25,27,30H,3-5,7,14-15,17-18H2,1-2H3. The number of aliphatic hydroxyl groups excluding tert-OH is 1. The van der Waals surface area contributed by atoms with Crippen molar-refractivity contribution in [1.29, 1.82) is 0 Å². The van der Waals surface area contributed by atoms with Crippen LogP contribution in [0.5, 0.6) is 5.75 Å². The molecule has 0 saturated heterocycles. The van der Waals surface area contributed by atoms with Crippen molar-refractivity contribution < 1.29 is 9.84 Å². The molecule has 0 spiro atoms. The van der Waals surface area contributed by atoms with Gasteiger partial charge in [0.2, 0.25) is 0 Å². The zero-order chi connectivity index (χ0) is 22.5. The van der Waals surface area contributed by atoms with Gasteiger partial charge in [0.25, 0.3) is 0 Å². The third-order valence-electron chi connectivity index (χ3n) is 6.35. The van der Waals surface area contributed by atoms with Gasteiger partial charge >= 0.3 is 5.69 Å². The number of fused-ring (bicyclic) bond motifs is 1. The summed E-state index contributed by atoms with van der Waals surface area (Å²) in [4.78, 5) is 12.1. The molecule has 3 aromatic rings. The number of aromatic nitrogens is 2. The largest absolute Gasteiger partial charge is 0.491 e. The number of rotatable bonds is 9. The number of benzene rings is 2. The van der Waals surface area contributed by atoms with Crippen LogP contribution < -0.4 is 15.7 Å². The highest BCUT2D eigenvalue weighted by atomic mass is 16.5. The van der Waals surface area contributed by atoms with Crippen LogP contribution in [-0.2, 0) is 20.6 Å². The number of allylic oxidation sites excluding steroid dienone is 1. The monoisotopic (exact) mass is 435 g/mol. The van der Waals surface area contributed by atoms with Crippen LogP contribution in [0, 0.1) is 0 Å². The molecule has 1 aliphatic carbocycles. The van der Waals surface area contributed by atoms with Crippen LogP contribution >= 0.6 is 0 Å². The van der Waals surface area contributed by atoms with E-state index in [0.717, 1.165) is 41.9 Å². The molecule has 0 fully saturated rings. The molecule has 0 saturated carbocycles. The topological polar surface area (TPSA) is 68.4 Å². The molecule has 4 rings (SSSR count). The minimum atomic E-state index is -0.773. The van der Waals surface area contributed by atoms with Crippen LogP contribution in [0.4, 0.5) is 0 Å². The Hall–Kier alpha value is -2.83. The van der Waals surface area contributed by atoms with E-state index in [2.05, 4.69) is 23.5 Å². The second kappa shape index (κ2) is 10.2. The van der Waals surface area contributed by atoms with E-state index in [1.165, 1.54) is 31.2 Å². The Morgan fingerprint density at radius 3 is 2.59 bits per heavy atom. The highest BCUT2D eigenvalue weighted by Crippen LogP contribution is 2.22. The van der Waals surface area contributed by atoms with Crippen LogP contribution in [0.15, 0.2) is 58.9 Å². The van der Waals surface area contributed by atoms with Crippen molar-refractivity contribution in [2.75, 3.05) is 13.2 Å². The number of nitrogens with zero attached hydrogens (tertiary/aromatic N) is 2. The summed E-state index contributed by atoms with van der Waals surface area (Å²) in [5.74, 6) is 0.730. The Balaban J connectivity index is 1.26. The number of imidazole rings is 1. The number of aliphatic hydroxyl groups is 1. The predicted molar refractivity (Wildman–Crippen MR) is 128 cm³/mol. The average Bonchev–Trinajstić information content (AvgIpc) is 3.05. The van der Waals surface area contributed by atoms with Gasteiger partial charge in [-0.15, -0.1) is 0 Å². The fourth-order valence-corrected chi connectivity index (χ4v) is 4.32. The van der Waals surface area contributed by atoms with Gasteiger partial charge in [0.1, 0.15) is 18.5 Å². The summed E-state index contributed by atoms with van der Waals surface area (Å²) in [6, 6.07) is 13.6. The van der Waals surface area contributed by atoms with Gasteiger partial charge in [-0.1, -0.05) is 29.8 Å². The minimum absolute atomic E-state index is 0.0801. The molecule has 6 nitrogen and oxygen atoms in total. The lowest BCUT2D eigenvalue weighted by Crippen LogP contribution is -2.19. The lowest BCUT2D eigenvalue weighted by Gasteiger charge is -2.14. The van der Waals surface area contributed by atoms with Crippen LogP contribution in [0.3, 0.4) is 0 Å². The van der Waals surface area contributed by atoms with Crippen LogP contribution in [0.1, 0.15) is 49.3 Å². The average molecular weight is 436 g/mol. The van der Waals surface area contributed by atoms with Crippen molar-refractivity contribution in [2.45, 2.75) is 44.8 Å². The molecule has 2 aromatic carbocycles. The maximum atomic E-state index is 12.1. The quantitative estimate of drug-likeness (QED) is 0.394. The van der Waals surface area contributed by atoms with E-state index in [1.54, 1.807) is 28.8 Å². The SMILES string of the molecule is Cn1c(=O)n(C)c2cc(C(O)COc3ccc(CNCCC4=CCCCC4)cc3)ccc21. The fraction of sp³-hybridized carbons (Fsp3) is 0.423. The Morgan fingerprint density at radius 2 is 1.84 bits per heavy atom. The van der Waals surface area contributed by atoms with E-state index in [0.29, 0.717) is 0 Å². The summed E-state index contributed by atoms with van der Waals surface area (Å²) in [6.07, 6.45) is 7.95. The Labute approximate surface area is 189 Å². The maximum Gasteiger partial charge on any atom is 0.328 e. The van der Waals surface area contributed by atoms with E-state index >= 15 is 0 Å². The van der Waals surface area contributed by atoms with Crippen LogP contribution in [0.2, 0.25) is 0 Å². The zero-order valence-corrected chi connectivity index (χ0v) is 19.0. The van der Waals surface area contributed by atoms with Crippen molar-refractivity contribution in [2.24, 2.45) is 14.1 Å². The Bertz CT molecular complexity index is 1140. The van der Waals surface area contributed by atoms with Crippen molar-refractivity contribution in [1.82, 2.24) is 14.5 Å². The van der Waals surface area contributed by atoms with Gasteiger partial charge in [0, 0.05) is 20.6 Å². The van der Waals surface area contributed by atoms with Crippen molar-refractivity contribution in [3.05, 3.63) is 75.7 Å². The normalized spacial score (nSPS) is 15.0. The summed E-state index contributed by atoms with van der Waals surface area (Å²) in [5, 5.41) is 14.1. The molecule has 0 amide bonds. The third-order valence-corrected chi connectivity index (χ3v) is 6.35. The highest BCUT2D eigenvalue weighted by molar-refractivity contribution is 5.76. The first-order chi connectivity index (χ1) is 15.5. The molecule has 1 unspecified atom stereocenters. The molecule has 1 atom stereocenters. The first kappa shape index (κ1) is 22.4. The number of aryl methyl sites for hydroxylation is 2. The predicted octanol–water partition coefficient (Wildman–Crippen LogP) is 3.97. The highest BCUT2D eigenvalue weighted by Gasteiger charge is 2.13. The summed E-state index contributed by atoms with van der Waals surface area (Å²) in [6.45, 7) is 2.00. The Kier molecular flexibility index (Phi) is 7.12. The first-order valence-electron chi connectivity index (χ1n) is 11.5. The number of nitrogens with one attached hydrogen (secondary N) is 1. The fourth-order valence-electron chi connectivity index (χ4n) is 4.32. The molecule has 2 N–H and O–H groups in total. The molecule has 170 valence electrons. The second-order valence-corrected chi connectivity index (χ2v) is 8.65. The minimum Gasteiger partial charge on any atom is -0.491 e. The van der Waals surface area contributed by atoms with Crippen molar-refractivity contribution in [3.8, 4) is 5.75 Å². The molecule has 0 aliphatic heterocycles. The van der Waals surface area contributed by atoms with Gasteiger partial charge in [-0.25, -0.2) is 4.79 Å². The number of hydrogen-bond acceptors (Lipinski definition) is 4. The summed E-state index contributed by atoms with van der Waals surface area (Å²) in [5.41, 5.74) is 5.10. The molecule has 1 aliphatic rings. The third kappa shape index (κ3) is 5.14. The van der Waals surface area contributed by atoms with Gasteiger partial charge in [0.05, 0.1) is 11.0 Å². The van der Waals surface area contributed by atoms with Crippen LogP contribution in [-0.4, -0.2) is 27.4 Å². The van der Waals surface area contributed by atoms with Gasteiger partial charge in [-0.05, 0) is 74.0 Å². The molecule has 32 heavy (non-hydrogen) atoms. The van der Waals surface area contributed by atoms with Crippen molar-refractivity contribution >= 4 is 11.0 Å². The molecule has 1 heterocycles. The van der Waals surface area contributed by atoms with E-state index < -0.39 is 6.10 Å². The van der Waals surface area contributed by atoms with E-state index in [9.17, 15) is 9.90 Å². The van der Waals surface area contributed by atoms with Gasteiger partial charge in [0.15, 0.2) is 0 Å². The zero-order valence-electron chi connectivity index (χ0n) is 19.0. The first-order valence-corrected chi connectivity index (χ1v) is 11.5. The molecule has 0 bridgehead atoms. The molecule has 0 radical (unpaired) electrons. The lowest BCUT2D eigenvalue weighted by atomic mass is 9.97. The molecule has 6 heteroatoms. The van der Waals surface area contributed by atoms with E-state index in [-0.39, 0.29) is 12.3 Å². The van der Waals surface area contributed by atoms with Crippen LogP contribution in [0.25, 0.3) is 11.0 Å². The van der Waals surface area contributed by atoms with Gasteiger partial charge < -0.3 is 15.2 Å². The lowest BCUT2D eigenvalue weighted by molar-refractivity contribution is 0.108. The van der Waals surface area contributed by atoms with Gasteiger partial charge in [-0.3, -0.25) is 9.13 Å². The van der Waals surface area contributed by atoms with Crippen molar-refractivity contribution in [3.63, 3.8) is 0 Å². The summed E-state index contributed by atoms with van der Waals surface area (Å²) in [7, 11) is 3.48. The smallest absolute Gasteiger partial charge is 0.328 e. The van der Waals surface area contributed by atoms with E-state index in [1.807, 2.05) is 30.3 Å². The molecule has 1 aromatic heterocycles. The molecular weight excluding hydrogens is 402 g/mol. The summed E-state index contributed by atoms with van der Waals surface area (Å²) >= 11 is 0.